The number of aromatic nitrogens is 1. The molecule has 1 fully saturated rings. The molecule has 0 aliphatic carbocycles. The second-order valence-corrected chi connectivity index (χ2v) is 9.94. The quantitative estimate of drug-likeness (QED) is 0.333. The van der Waals surface area contributed by atoms with Crippen molar-refractivity contribution in [3.8, 4) is 0 Å². The van der Waals surface area contributed by atoms with E-state index in [9.17, 15) is 14.4 Å². The average molecular weight is 527 g/mol. The van der Waals surface area contributed by atoms with Gasteiger partial charge in [-0.1, -0.05) is 48.0 Å². The molecule has 0 spiro atoms. The highest BCUT2D eigenvalue weighted by molar-refractivity contribution is 7.12. The topological polar surface area (TPSA) is 101 Å². The molecule has 2 aromatic heterocycles. The van der Waals surface area contributed by atoms with Crippen LogP contribution in [0.15, 0.2) is 90.6 Å². The lowest BCUT2D eigenvalue weighted by atomic mass is 10.00. The monoisotopic (exact) mass is 526 g/mol. The van der Waals surface area contributed by atoms with Crippen LogP contribution >= 0.6 is 11.3 Å². The first-order valence-corrected chi connectivity index (χ1v) is 13.0. The number of ether oxygens (including phenoxy) is 1. The lowest BCUT2D eigenvalue weighted by molar-refractivity contribution is -0.126. The molecule has 8 nitrogen and oxygen atoms in total. The van der Waals surface area contributed by atoms with Crippen LogP contribution in [-0.2, 0) is 22.6 Å². The molecule has 4 aromatic rings. The zero-order valence-corrected chi connectivity index (χ0v) is 21.5. The molecular weight excluding hydrogens is 500 g/mol. The Balaban J connectivity index is 1.37. The Morgan fingerprint density at radius 2 is 1.79 bits per heavy atom. The van der Waals surface area contributed by atoms with E-state index in [0.717, 1.165) is 16.7 Å². The van der Waals surface area contributed by atoms with Gasteiger partial charge in [-0.05, 0) is 59.3 Å². The molecule has 2 N–H and O–H groups in total. The molecule has 38 heavy (non-hydrogen) atoms. The summed E-state index contributed by atoms with van der Waals surface area (Å²) in [6.07, 6.45) is 1.95. The zero-order chi connectivity index (χ0) is 26.5. The number of nitrogens with zero attached hydrogens (tertiary/aromatic N) is 2. The first-order valence-electron chi connectivity index (χ1n) is 12.1. The third-order valence-corrected chi connectivity index (χ3v) is 7.12. The Hall–Kier alpha value is -4.50. The van der Waals surface area contributed by atoms with Gasteiger partial charge in [0.15, 0.2) is 12.1 Å². The second-order valence-electron chi connectivity index (χ2n) is 8.99. The lowest BCUT2D eigenvalue weighted by Gasteiger charge is -2.24. The van der Waals surface area contributed by atoms with Gasteiger partial charge in [0.2, 0.25) is 5.91 Å². The van der Waals surface area contributed by atoms with E-state index in [-0.39, 0.29) is 18.4 Å². The summed E-state index contributed by atoms with van der Waals surface area (Å²) in [5.74, 6) is -0.516. The minimum Gasteiger partial charge on any atom is -0.438 e. The number of benzene rings is 2. The van der Waals surface area contributed by atoms with Crippen molar-refractivity contribution < 1.29 is 19.1 Å². The highest BCUT2D eigenvalue weighted by atomic mass is 32.1. The van der Waals surface area contributed by atoms with E-state index in [4.69, 9.17) is 4.74 Å². The summed E-state index contributed by atoms with van der Waals surface area (Å²) >= 11 is 1.36. The van der Waals surface area contributed by atoms with Crippen molar-refractivity contribution in [2.75, 3.05) is 5.32 Å². The molecule has 0 unspecified atom stereocenters. The Labute approximate surface area is 224 Å². The van der Waals surface area contributed by atoms with Crippen LogP contribution in [0.1, 0.15) is 38.0 Å². The summed E-state index contributed by atoms with van der Waals surface area (Å²) in [7, 11) is 0. The summed E-state index contributed by atoms with van der Waals surface area (Å²) in [6, 6.07) is 21.2. The highest BCUT2D eigenvalue weighted by Crippen LogP contribution is 2.34. The molecule has 192 valence electrons. The fourth-order valence-corrected chi connectivity index (χ4v) is 4.99. The SMILES string of the molecule is Cc1cccc(CN2C(=O)O[C@@H](c3ccc(NC(=O)c4cccs4)cc3)[C@H]2C(=O)NCc2ccncc2)c1. The molecule has 1 saturated heterocycles. The van der Waals surface area contributed by atoms with Crippen molar-refractivity contribution in [1.82, 2.24) is 15.2 Å². The third-order valence-electron chi connectivity index (χ3n) is 6.25. The molecule has 0 radical (unpaired) electrons. The van der Waals surface area contributed by atoms with Crippen molar-refractivity contribution in [3.05, 3.63) is 118 Å². The molecule has 1 aliphatic heterocycles. The van der Waals surface area contributed by atoms with Crippen LogP contribution in [0.3, 0.4) is 0 Å². The van der Waals surface area contributed by atoms with Crippen molar-refractivity contribution in [2.45, 2.75) is 32.2 Å². The van der Waals surface area contributed by atoms with Gasteiger partial charge in [-0.15, -0.1) is 11.3 Å². The molecule has 5 rings (SSSR count). The van der Waals surface area contributed by atoms with Gasteiger partial charge in [-0.2, -0.15) is 0 Å². The van der Waals surface area contributed by atoms with E-state index in [0.29, 0.717) is 22.7 Å². The Morgan fingerprint density at radius 3 is 2.50 bits per heavy atom. The van der Waals surface area contributed by atoms with Crippen molar-refractivity contribution in [2.24, 2.45) is 0 Å². The smallest absolute Gasteiger partial charge is 0.411 e. The predicted octanol–water partition coefficient (Wildman–Crippen LogP) is 5.08. The molecule has 0 saturated carbocycles. The van der Waals surface area contributed by atoms with Gasteiger partial charge in [0, 0.05) is 24.6 Å². The third kappa shape index (κ3) is 5.73. The molecular formula is C29H26N4O4S. The number of carbonyl (C=O) groups excluding carboxylic acids is 3. The lowest BCUT2D eigenvalue weighted by Crippen LogP contribution is -2.46. The summed E-state index contributed by atoms with van der Waals surface area (Å²) < 4.78 is 5.76. The summed E-state index contributed by atoms with van der Waals surface area (Å²) in [5, 5.41) is 7.65. The molecule has 0 bridgehead atoms. The van der Waals surface area contributed by atoms with Gasteiger partial charge in [-0.25, -0.2) is 4.79 Å². The number of pyridine rings is 1. The van der Waals surface area contributed by atoms with Gasteiger partial charge in [0.05, 0.1) is 11.4 Å². The second kappa shape index (κ2) is 11.3. The first kappa shape index (κ1) is 25.2. The van der Waals surface area contributed by atoms with E-state index in [2.05, 4.69) is 15.6 Å². The number of rotatable bonds is 8. The van der Waals surface area contributed by atoms with Crippen molar-refractivity contribution >= 4 is 34.9 Å². The van der Waals surface area contributed by atoms with Gasteiger partial charge in [-0.3, -0.25) is 19.5 Å². The fraction of sp³-hybridized carbons (Fsp3) is 0.172. The number of anilines is 1. The Kier molecular flexibility index (Phi) is 7.46. The molecule has 2 aromatic carbocycles. The van der Waals surface area contributed by atoms with Gasteiger partial charge in [0.25, 0.3) is 5.91 Å². The number of nitrogens with one attached hydrogen (secondary N) is 2. The van der Waals surface area contributed by atoms with Crippen LogP contribution in [0, 0.1) is 6.92 Å². The van der Waals surface area contributed by atoms with Crippen LogP contribution in [-0.4, -0.2) is 33.8 Å². The maximum absolute atomic E-state index is 13.5. The van der Waals surface area contributed by atoms with E-state index < -0.39 is 18.2 Å². The number of hydrogen-bond acceptors (Lipinski definition) is 6. The van der Waals surface area contributed by atoms with E-state index in [1.54, 1.807) is 42.7 Å². The van der Waals surface area contributed by atoms with Crippen LogP contribution in [0.5, 0.6) is 0 Å². The molecule has 9 heteroatoms. The maximum atomic E-state index is 13.5. The normalized spacial score (nSPS) is 16.7. The minimum atomic E-state index is -0.878. The summed E-state index contributed by atoms with van der Waals surface area (Å²) in [5.41, 5.74) is 4.12. The van der Waals surface area contributed by atoms with Crippen molar-refractivity contribution in [3.63, 3.8) is 0 Å². The Morgan fingerprint density at radius 1 is 1.00 bits per heavy atom. The van der Waals surface area contributed by atoms with Gasteiger partial charge in [0.1, 0.15) is 0 Å². The fourth-order valence-electron chi connectivity index (χ4n) is 4.37. The molecule has 2 atom stereocenters. The maximum Gasteiger partial charge on any atom is 0.411 e. The number of thiophene rings is 1. The summed E-state index contributed by atoms with van der Waals surface area (Å²) in [6.45, 7) is 2.51. The predicted molar refractivity (Wildman–Crippen MR) is 145 cm³/mol. The molecule has 3 amide bonds. The van der Waals surface area contributed by atoms with Gasteiger partial charge >= 0.3 is 6.09 Å². The number of carbonyl (C=O) groups is 3. The van der Waals surface area contributed by atoms with Crippen LogP contribution in [0.4, 0.5) is 10.5 Å². The highest BCUT2D eigenvalue weighted by Gasteiger charge is 2.46. The molecule has 3 heterocycles. The Bertz CT molecular complexity index is 1420. The van der Waals surface area contributed by atoms with E-state index >= 15 is 0 Å². The largest absolute Gasteiger partial charge is 0.438 e. The average Bonchev–Trinajstić information content (AvgIpc) is 3.57. The van der Waals surface area contributed by atoms with Gasteiger partial charge < -0.3 is 15.4 Å². The van der Waals surface area contributed by atoms with Crippen LogP contribution in [0.25, 0.3) is 0 Å². The zero-order valence-electron chi connectivity index (χ0n) is 20.7. The number of hydrogen-bond donors (Lipinski definition) is 2. The molecule has 1 aliphatic rings. The minimum absolute atomic E-state index is 0.197. The first-order chi connectivity index (χ1) is 18.5. The van der Waals surface area contributed by atoms with E-state index in [1.165, 1.54) is 16.2 Å². The number of amides is 3. The van der Waals surface area contributed by atoms with Crippen LogP contribution in [0.2, 0.25) is 0 Å². The number of cyclic esters (lactones) is 1. The van der Waals surface area contributed by atoms with Crippen LogP contribution < -0.4 is 10.6 Å². The van der Waals surface area contributed by atoms with Crippen molar-refractivity contribution in [1.29, 1.82) is 0 Å². The number of aryl methyl sites for hydroxylation is 1. The summed E-state index contributed by atoms with van der Waals surface area (Å²) in [4.78, 5) is 45.0. The standard InChI is InChI=1S/C29H26N4O4S/c1-19-4-2-5-21(16-19)18-33-25(28(35)31-17-20-11-13-30-14-12-20)26(37-29(33)36)22-7-9-23(10-8-22)32-27(34)24-6-3-15-38-24/h2-16,25-26H,17-18H2,1H3,(H,31,35)(H,32,34)/t25-,26-/m0/s1. The van der Waals surface area contributed by atoms with E-state index in [1.807, 2.05) is 54.8 Å².